The fraction of sp³-hybridized carbons (Fsp3) is 0.235. The molecule has 118 valence electrons. The summed E-state index contributed by atoms with van der Waals surface area (Å²) in [5.41, 5.74) is 3.73. The Morgan fingerprint density at radius 1 is 1.05 bits per heavy atom. The highest BCUT2D eigenvalue weighted by Crippen LogP contribution is 2.17. The summed E-state index contributed by atoms with van der Waals surface area (Å²) in [6.07, 6.45) is 0. The van der Waals surface area contributed by atoms with Gasteiger partial charge < -0.3 is 9.84 Å². The molecule has 3 nitrogen and oxygen atoms in total. The lowest BCUT2D eigenvalue weighted by atomic mass is 10.1. The molecule has 0 bridgehead atoms. The molecule has 0 radical (unpaired) electrons. The van der Waals surface area contributed by atoms with Crippen molar-refractivity contribution in [1.29, 1.82) is 0 Å². The van der Waals surface area contributed by atoms with Gasteiger partial charge in [-0.1, -0.05) is 44.0 Å². The Morgan fingerprint density at radius 3 is 2.05 bits per heavy atom. The van der Waals surface area contributed by atoms with E-state index in [1.54, 1.807) is 12.1 Å². The smallest absolute Gasteiger partial charge is 0.337 e. The third-order valence-corrected chi connectivity index (χ3v) is 4.76. The van der Waals surface area contributed by atoms with Gasteiger partial charge >= 0.3 is 5.97 Å². The van der Waals surface area contributed by atoms with Crippen LogP contribution in [0.3, 0.4) is 0 Å². The van der Waals surface area contributed by atoms with Gasteiger partial charge in [0.1, 0.15) is 0 Å². The molecule has 0 aromatic heterocycles. The van der Waals surface area contributed by atoms with E-state index < -0.39 is 0 Å². The van der Waals surface area contributed by atoms with E-state index >= 15 is 0 Å². The number of halogens is 2. The zero-order chi connectivity index (χ0) is 16.7. The summed E-state index contributed by atoms with van der Waals surface area (Å²) in [5.74, 6) is -0.300. The highest BCUT2D eigenvalue weighted by Gasteiger charge is 2.05. The predicted octanol–water partition coefficient (Wildman–Crippen LogP) is 4.79. The Bertz CT molecular complexity index is 654. The molecule has 0 spiro atoms. The number of carbonyl (C=O) groups excluding carboxylic acids is 1. The van der Waals surface area contributed by atoms with E-state index in [4.69, 9.17) is 5.11 Å². The number of benzene rings is 2. The van der Waals surface area contributed by atoms with E-state index in [0.29, 0.717) is 5.56 Å². The number of esters is 1. The fourth-order valence-electron chi connectivity index (χ4n) is 1.69. The lowest BCUT2D eigenvalue weighted by Crippen LogP contribution is -2.00. The molecule has 0 aliphatic rings. The molecular weight excluding hydrogens is 412 g/mol. The molecule has 0 unspecified atom stereocenters. The van der Waals surface area contributed by atoms with Crippen molar-refractivity contribution in [3.63, 3.8) is 0 Å². The number of aliphatic hydroxyl groups excluding tert-OH is 1. The van der Waals surface area contributed by atoms with Crippen LogP contribution in [-0.2, 0) is 11.3 Å². The van der Waals surface area contributed by atoms with Gasteiger partial charge in [-0.2, -0.15) is 0 Å². The van der Waals surface area contributed by atoms with E-state index in [-0.39, 0.29) is 12.6 Å². The number of carbonyl (C=O) groups is 1. The maximum Gasteiger partial charge on any atom is 0.337 e. The largest absolute Gasteiger partial charge is 0.465 e. The minimum atomic E-state index is -0.300. The summed E-state index contributed by atoms with van der Waals surface area (Å²) in [6, 6.07) is 11.2. The zero-order valence-electron chi connectivity index (χ0n) is 12.7. The third kappa shape index (κ3) is 5.55. The minimum absolute atomic E-state index is 0.119. The number of ether oxygens (including phenoxy) is 1. The van der Waals surface area contributed by atoms with Crippen LogP contribution in [0, 0.1) is 13.8 Å². The first-order valence-electron chi connectivity index (χ1n) is 6.59. The monoisotopic (exact) mass is 428 g/mol. The molecule has 1 N–H and O–H groups in total. The number of hydrogen-bond acceptors (Lipinski definition) is 3. The molecule has 0 saturated carbocycles. The first kappa shape index (κ1) is 18.9. The van der Waals surface area contributed by atoms with Gasteiger partial charge in [-0.15, -0.1) is 0 Å². The van der Waals surface area contributed by atoms with Crippen LogP contribution in [0.15, 0.2) is 45.3 Å². The van der Waals surface area contributed by atoms with Crippen molar-refractivity contribution in [3.05, 3.63) is 67.6 Å². The van der Waals surface area contributed by atoms with Crippen LogP contribution >= 0.6 is 31.9 Å². The third-order valence-electron chi connectivity index (χ3n) is 2.98. The Kier molecular flexibility index (Phi) is 7.79. The molecule has 0 heterocycles. The second kappa shape index (κ2) is 9.08. The molecule has 0 saturated heterocycles. The topological polar surface area (TPSA) is 46.5 Å². The number of rotatable bonds is 2. The van der Waals surface area contributed by atoms with Crippen molar-refractivity contribution in [2.75, 3.05) is 7.11 Å². The standard InChI is InChI=1S/C9H9BrO2.C8H9BrO/c1-6-5-7(9(11)12-2)3-4-8(6)10;1-6-4-7(5-10)2-3-8(6)9/h3-5H,1-2H3;2-4,10H,5H2,1H3. The lowest BCUT2D eigenvalue weighted by Gasteiger charge is -2.01. The Morgan fingerprint density at radius 2 is 1.59 bits per heavy atom. The molecule has 2 rings (SSSR count). The molecular formula is C17H18Br2O3. The molecule has 22 heavy (non-hydrogen) atoms. The number of aliphatic hydroxyl groups is 1. The van der Waals surface area contributed by atoms with Crippen molar-refractivity contribution >= 4 is 37.8 Å². The van der Waals surface area contributed by atoms with Crippen LogP contribution in [0.4, 0.5) is 0 Å². The summed E-state index contributed by atoms with van der Waals surface area (Å²) in [6.45, 7) is 4.05. The van der Waals surface area contributed by atoms with E-state index in [9.17, 15) is 4.79 Å². The van der Waals surface area contributed by atoms with Crippen LogP contribution in [0.25, 0.3) is 0 Å². The normalized spacial score (nSPS) is 9.73. The SMILES string of the molecule is COC(=O)c1ccc(Br)c(C)c1.Cc1cc(CO)ccc1Br. The van der Waals surface area contributed by atoms with Crippen molar-refractivity contribution in [1.82, 2.24) is 0 Å². The van der Waals surface area contributed by atoms with Crippen LogP contribution < -0.4 is 0 Å². The highest BCUT2D eigenvalue weighted by molar-refractivity contribution is 9.10. The quantitative estimate of drug-likeness (QED) is 0.697. The highest BCUT2D eigenvalue weighted by atomic mass is 79.9. The van der Waals surface area contributed by atoms with Gasteiger partial charge in [0.2, 0.25) is 0 Å². The first-order chi connectivity index (χ1) is 10.4. The Hall–Kier alpha value is -1.17. The van der Waals surface area contributed by atoms with Gasteiger partial charge in [0.05, 0.1) is 19.3 Å². The van der Waals surface area contributed by atoms with E-state index in [2.05, 4.69) is 36.6 Å². The summed E-state index contributed by atoms with van der Waals surface area (Å²) in [7, 11) is 1.37. The molecule has 0 aliphatic carbocycles. The van der Waals surface area contributed by atoms with E-state index in [1.165, 1.54) is 7.11 Å². The summed E-state index contributed by atoms with van der Waals surface area (Å²) in [4.78, 5) is 11.0. The maximum atomic E-state index is 11.0. The van der Waals surface area contributed by atoms with Crippen molar-refractivity contribution in [2.24, 2.45) is 0 Å². The van der Waals surface area contributed by atoms with Gasteiger partial charge in [-0.05, 0) is 54.8 Å². The van der Waals surface area contributed by atoms with Crippen molar-refractivity contribution in [3.8, 4) is 0 Å². The molecule has 0 aliphatic heterocycles. The van der Waals surface area contributed by atoms with Crippen LogP contribution in [-0.4, -0.2) is 18.2 Å². The average Bonchev–Trinajstić information content (AvgIpc) is 2.52. The number of methoxy groups -OCH3 is 1. The first-order valence-corrected chi connectivity index (χ1v) is 8.18. The Labute approximate surface area is 147 Å². The molecule has 0 amide bonds. The molecule has 2 aromatic carbocycles. The van der Waals surface area contributed by atoms with E-state index in [1.807, 2.05) is 38.1 Å². The van der Waals surface area contributed by atoms with Crippen LogP contribution in [0.5, 0.6) is 0 Å². The van der Waals surface area contributed by atoms with E-state index in [0.717, 1.165) is 25.6 Å². The average molecular weight is 430 g/mol. The fourth-order valence-corrected chi connectivity index (χ4v) is 2.19. The van der Waals surface area contributed by atoms with Crippen LogP contribution in [0.2, 0.25) is 0 Å². The van der Waals surface area contributed by atoms with Crippen LogP contribution in [0.1, 0.15) is 27.0 Å². The molecule has 0 fully saturated rings. The molecule has 2 aromatic rings. The summed E-state index contributed by atoms with van der Waals surface area (Å²) >= 11 is 6.73. The number of aryl methyl sites for hydroxylation is 2. The summed E-state index contributed by atoms with van der Waals surface area (Å²) in [5, 5.41) is 8.74. The molecule has 0 atom stereocenters. The van der Waals surface area contributed by atoms with Gasteiger partial charge in [0.25, 0.3) is 0 Å². The second-order valence-corrected chi connectivity index (χ2v) is 6.41. The second-order valence-electron chi connectivity index (χ2n) is 4.70. The number of hydrogen-bond donors (Lipinski definition) is 1. The minimum Gasteiger partial charge on any atom is -0.465 e. The van der Waals surface area contributed by atoms with Gasteiger partial charge in [-0.3, -0.25) is 0 Å². The van der Waals surface area contributed by atoms with Crippen molar-refractivity contribution in [2.45, 2.75) is 20.5 Å². The van der Waals surface area contributed by atoms with Gasteiger partial charge in [0, 0.05) is 8.95 Å². The molecule has 5 heteroatoms. The maximum absolute atomic E-state index is 11.0. The van der Waals surface area contributed by atoms with Crippen molar-refractivity contribution < 1.29 is 14.6 Å². The predicted molar refractivity (Wildman–Crippen MR) is 95.0 cm³/mol. The van der Waals surface area contributed by atoms with Gasteiger partial charge in [0.15, 0.2) is 0 Å². The zero-order valence-corrected chi connectivity index (χ0v) is 15.9. The van der Waals surface area contributed by atoms with Gasteiger partial charge in [-0.25, -0.2) is 4.79 Å². The summed E-state index contributed by atoms with van der Waals surface area (Å²) < 4.78 is 6.66. The lowest BCUT2D eigenvalue weighted by molar-refractivity contribution is 0.0600. The Balaban J connectivity index is 0.000000224.